The van der Waals surface area contributed by atoms with Gasteiger partial charge >= 0.3 is 5.97 Å². The van der Waals surface area contributed by atoms with Crippen LogP contribution in [0.5, 0.6) is 5.75 Å². The summed E-state index contributed by atoms with van der Waals surface area (Å²) < 4.78 is 5.21. The maximum Gasteiger partial charge on any atom is 0.311 e. The molecule has 92 valence electrons. The zero-order chi connectivity index (χ0) is 12.8. The van der Waals surface area contributed by atoms with Crippen LogP contribution in [-0.2, 0) is 9.59 Å². The van der Waals surface area contributed by atoms with E-state index in [1.165, 1.54) is 0 Å². The van der Waals surface area contributed by atoms with E-state index in [9.17, 15) is 9.59 Å². The third-order valence-electron chi connectivity index (χ3n) is 2.66. The molecule has 0 unspecified atom stereocenters. The summed E-state index contributed by atoms with van der Waals surface area (Å²) >= 11 is 0. The molecule has 0 heterocycles. The lowest BCUT2D eigenvalue weighted by atomic mass is 10.1. The van der Waals surface area contributed by atoms with Crippen LogP contribution in [0.4, 0.5) is 0 Å². The molecule has 2 aromatic carbocycles. The highest BCUT2D eigenvalue weighted by molar-refractivity contribution is 5.84. The van der Waals surface area contributed by atoms with E-state index in [0.29, 0.717) is 18.6 Å². The molecular weight excluding hydrogens is 228 g/mol. The van der Waals surface area contributed by atoms with Crippen molar-refractivity contribution < 1.29 is 14.3 Å². The largest absolute Gasteiger partial charge is 0.427 e. The fraction of sp³-hybridized carbons (Fsp3) is 0.200. The van der Waals surface area contributed by atoms with E-state index >= 15 is 0 Å². The Kier molecular flexibility index (Phi) is 4.07. The van der Waals surface area contributed by atoms with Crippen LogP contribution in [0.2, 0.25) is 0 Å². The normalized spacial score (nSPS) is 10.2. The van der Waals surface area contributed by atoms with Gasteiger partial charge in [0.1, 0.15) is 12.0 Å². The van der Waals surface area contributed by atoms with Gasteiger partial charge in [0.05, 0.1) is 0 Å². The fourth-order valence-corrected chi connectivity index (χ4v) is 1.74. The van der Waals surface area contributed by atoms with Crippen molar-refractivity contribution in [2.45, 2.75) is 19.3 Å². The van der Waals surface area contributed by atoms with Crippen molar-refractivity contribution in [1.29, 1.82) is 0 Å². The SMILES string of the molecule is O=CCCCC(=O)Oc1ccc2ccccc2c1. The van der Waals surface area contributed by atoms with E-state index < -0.39 is 0 Å². The summed E-state index contributed by atoms with van der Waals surface area (Å²) in [5.41, 5.74) is 0. The quantitative estimate of drug-likeness (QED) is 0.350. The summed E-state index contributed by atoms with van der Waals surface area (Å²) in [6.07, 6.45) is 2.01. The van der Waals surface area contributed by atoms with E-state index in [1.807, 2.05) is 36.4 Å². The summed E-state index contributed by atoms with van der Waals surface area (Å²) in [5, 5.41) is 2.15. The van der Waals surface area contributed by atoms with Crippen molar-refractivity contribution in [2.24, 2.45) is 0 Å². The zero-order valence-corrected chi connectivity index (χ0v) is 9.96. The van der Waals surface area contributed by atoms with Crippen molar-refractivity contribution >= 4 is 23.0 Å². The molecule has 3 heteroatoms. The van der Waals surface area contributed by atoms with Gasteiger partial charge < -0.3 is 9.53 Å². The second kappa shape index (κ2) is 5.96. The standard InChI is InChI=1S/C15H14O3/c16-10-4-3-7-15(17)18-14-9-8-12-5-1-2-6-13(12)11-14/h1-2,5-6,8-11H,3-4,7H2. The first-order valence-corrected chi connectivity index (χ1v) is 5.93. The lowest BCUT2D eigenvalue weighted by molar-refractivity contribution is -0.134. The number of carbonyl (C=O) groups is 2. The maximum absolute atomic E-state index is 11.5. The van der Waals surface area contributed by atoms with E-state index in [2.05, 4.69) is 0 Å². The molecule has 0 fully saturated rings. The zero-order valence-electron chi connectivity index (χ0n) is 9.96. The molecule has 0 atom stereocenters. The smallest absolute Gasteiger partial charge is 0.311 e. The van der Waals surface area contributed by atoms with Gasteiger partial charge in [-0.25, -0.2) is 0 Å². The average molecular weight is 242 g/mol. The fourth-order valence-electron chi connectivity index (χ4n) is 1.74. The second-order valence-corrected chi connectivity index (χ2v) is 4.04. The number of benzene rings is 2. The summed E-state index contributed by atoms with van der Waals surface area (Å²) in [6.45, 7) is 0. The summed E-state index contributed by atoms with van der Waals surface area (Å²) in [5.74, 6) is 0.247. The molecule has 3 nitrogen and oxygen atoms in total. The van der Waals surface area contributed by atoms with Crippen LogP contribution < -0.4 is 4.74 Å². The molecule has 18 heavy (non-hydrogen) atoms. The Morgan fingerprint density at radius 2 is 1.89 bits per heavy atom. The Hall–Kier alpha value is -2.16. The van der Waals surface area contributed by atoms with Gasteiger partial charge in [-0.2, -0.15) is 0 Å². The first-order valence-electron chi connectivity index (χ1n) is 5.93. The molecule has 0 aliphatic heterocycles. The molecule has 0 saturated carbocycles. The second-order valence-electron chi connectivity index (χ2n) is 4.04. The van der Waals surface area contributed by atoms with Crippen molar-refractivity contribution in [1.82, 2.24) is 0 Å². The average Bonchev–Trinajstić information content (AvgIpc) is 2.39. The molecule has 0 bridgehead atoms. The highest BCUT2D eigenvalue weighted by atomic mass is 16.5. The number of ether oxygens (including phenoxy) is 1. The molecule has 0 aromatic heterocycles. The predicted molar refractivity (Wildman–Crippen MR) is 69.5 cm³/mol. The van der Waals surface area contributed by atoms with Crippen LogP contribution in [0.3, 0.4) is 0 Å². The van der Waals surface area contributed by atoms with Crippen LogP contribution in [0.25, 0.3) is 10.8 Å². The van der Waals surface area contributed by atoms with Crippen LogP contribution in [0, 0.1) is 0 Å². The molecule has 2 aromatic rings. The molecule has 0 saturated heterocycles. The number of unbranched alkanes of at least 4 members (excludes halogenated alkanes) is 1. The van der Waals surface area contributed by atoms with E-state index in [1.54, 1.807) is 6.07 Å². The number of esters is 1. The summed E-state index contributed by atoms with van der Waals surface area (Å²) in [4.78, 5) is 21.6. The van der Waals surface area contributed by atoms with Crippen LogP contribution in [0.1, 0.15) is 19.3 Å². The Balaban J connectivity index is 2.03. The van der Waals surface area contributed by atoms with Crippen molar-refractivity contribution in [2.75, 3.05) is 0 Å². The van der Waals surface area contributed by atoms with Gasteiger partial charge in [0.15, 0.2) is 0 Å². The van der Waals surface area contributed by atoms with Gasteiger partial charge in [-0.15, -0.1) is 0 Å². The lowest BCUT2D eigenvalue weighted by Gasteiger charge is -2.05. The van der Waals surface area contributed by atoms with Gasteiger partial charge in [0.2, 0.25) is 0 Å². The van der Waals surface area contributed by atoms with Gasteiger partial charge in [-0.05, 0) is 29.3 Å². The topological polar surface area (TPSA) is 43.4 Å². The molecule has 2 rings (SSSR count). The van der Waals surface area contributed by atoms with Gasteiger partial charge in [0.25, 0.3) is 0 Å². The predicted octanol–water partition coefficient (Wildman–Crippen LogP) is 3.11. The first-order chi connectivity index (χ1) is 8.79. The Morgan fingerprint density at radius 3 is 2.67 bits per heavy atom. The van der Waals surface area contributed by atoms with Crippen molar-refractivity contribution in [3.05, 3.63) is 42.5 Å². The van der Waals surface area contributed by atoms with Crippen molar-refractivity contribution in [3.63, 3.8) is 0 Å². The van der Waals surface area contributed by atoms with Gasteiger partial charge in [-0.3, -0.25) is 4.79 Å². The summed E-state index contributed by atoms with van der Waals surface area (Å²) in [6, 6.07) is 13.4. The Labute approximate surface area is 105 Å². The molecule has 0 amide bonds. The molecule has 0 spiro atoms. The molecule has 0 N–H and O–H groups in total. The third-order valence-corrected chi connectivity index (χ3v) is 2.66. The summed E-state index contributed by atoms with van der Waals surface area (Å²) in [7, 11) is 0. The number of hydrogen-bond acceptors (Lipinski definition) is 3. The minimum absolute atomic E-state index is 0.269. The third kappa shape index (κ3) is 3.17. The molecular formula is C15H14O3. The highest BCUT2D eigenvalue weighted by Gasteiger charge is 2.05. The minimum atomic E-state index is -0.299. The van der Waals surface area contributed by atoms with E-state index in [0.717, 1.165) is 17.1 Å². The maximum atomic E-state index is 11.5. The lowest BCUT2D eigenvalue weighted by Crippen LogP contribution is -2.07. The molecule has 0 aliphatic rings. The minimum Gasteiger partial charge on any atom is -0.427 e. The van der Waals surface area contributed by atoms with E-state index in [-0.39, 0.29) is 12.4 Å². The van der Waals surface area contributed by atoms with Gasteiger partial charge in [-0.1, -0.05) is 30.3 Å². The highest BCUT2D eigenvalue weighted by Crippen LogP contribution is 2.20. The van der Waals surface area contributed by atoms with E-state index in [4.69, 9.17) is 4.74 Å². The number of aldehydes is 1. The molecule has 0 radical (unpaired) electrons. The first kappa shape index (κ1) is 12.3. The number of carbonyl (C=O) groups excluding carboxylic acids is 2. The number of fused-ring (bicyclic) bond motifs is 1. The van der Waals surface area contributed by atoms with Gasteiger partial charge in [0, 0.05) is 12.8 Å². The van der Waals surface area contributed by atoms with Crippen LogP contribution >= 0.6 is 0 Å². The number of hydrogen-bond donors (Lipinski definition) is 0. The van der Waals surface area contributed by atoms with Crippen LogP contribution in [0.15, 0.2) is 42.5 Å². The van der Waals surface area contributed by atoms with Crippen molar-refractivity contribution in [3.8, 4) is 5.75 Å². The molecule has 0 aliphatic carbocycles. The monoisotopic (exact) mass is 242 g/mol. The Bertz CT molecular complexity index is 560. The Morgan fingerprint density at radius 1 is 1.11 bits per heavy atom. The number of rotatable bonds is 5. The van der Waals surface area contributed by atoms with Crippen LogP contribution in [-0.4, -0.2) is 12.3 Å².